The summed E-state index contributed by atoms with van der Waals surface area (Å²) in [4.78, 5) is 37.4. The Balaban J connectivity index is 1.41. The summed E-state index contributed by atoms with van der Waals surface area (Å²) < 4.78 is 7.31. The minimum Gasteiger partial charge on any atom is -0.444 e. The van der Waals surface area contributed by atoms with Crippen molar-refractivity contribution in [3.8, 4) is 0 Å². The maximum absolute atomic E-state index is 13.1. The first kappa shape index (κ1) is 21.6. The smallest absolute Gasteiger partial charge is 0.410 e. The number of carbonyl (C=O) groups is 2. The number of aromatic nitrogens is 3. The van der Waals surface area contributed by atoms with Crippen LogP contribution in [0, 0.1) is 6.92 Å². The number of piperazine rings is 1. The summed E-state index contributed by atoms with van der Waals surface area (Å²) in [6.07, 6.45) is 6.79. The Morgan fingerprint density at radius 2 is 1.66 bits per heavy atom. The highest BCUT2D eigenvalue weighted by atomic mass is 16.6. The van der Waals surface area contributed by atoms with Crippen LogP contribution in [0.1, 0.15) is 36.7 Å². The van der Waals surface area contributed by atoms with E-state index in [-0.39, 0.29) is 12.0 Å². The van der Waals surface area contributed by atoms with Gasteiger partial charge in [0.15, 0.2) is 11.5 Å². The molecular weight excluding hydrogens is 408 g/mol. The molecule has 0 atom stereocenters. The van der Waals surface area contributed by atoms with Gasteiger partial charge in [0.2, 0.25) is 0 Å². The maximum atomic E-state index is 13.1. The molecule has 1 fully saturated rings. The summed E-state index contributed by atoms with van der Waals surface area (Å²) in [6.45, 7) is 9.32. The number of anilines is 2. The van der Waals surface area contributed by atoms with Gasteiger partial charge in [0, 0.05) is 62.2 Å². The van der Waals surface area contributed by atoms with E-state index in [9.17, 15) is 9.59 Å². The summed E-state index contributed by atoms with van der Waals surface area (Å²) in [5.74, 6) is 0.612. The van der Waals surface area contributed by atoms with Crippen LogP contribution in [0.15, 0.2) is 43.0 Å². The standard InChI is InChI=1S/C23H28N6O3/c1-16-15-17(26-19-20-25-8-10-27(20)9-7-24-19)5-6-18(16)21(30)28-11-13-29(14-12-28)22(31)32-23(2,3)4/h5-10,15H,11-14H2,1-4H3,(H,24,26). The Morgan fingerprint density at radius 3 is 2.31 bits per heavy atom. The molecule has 32 heavy (non-hydrogen) atoms. The molecule has 3 heterocycles. The van der Waals surface area contributed by atoms with E-state index < -0.39 is 5.60 Å². The lowest BCUT2D eigenvalue weighted by Crippen LogP contribution is -2.51. The van der Waals surface area contributed by atoms with E-state index >= 15 is 0 Å². The number of nitrogens with zero attached hydrogens (tertiary/aromatic N) is 5. The Labute approximate surface area is 187 Å². The monoisotopic (exact) mass is 436 g/mol. The molecule has 9 nitrogen and oxygen atoms in total. The van der Waals surface area contributed by atoms with E-state index in [1.165, 1.54) is 0 Å². The summed E-state index contributed by atoms with van der Waals surface area (Å²) in [7, 11) is 0. The highest BCUT2D eigenvalue weighted by Gasteiger charge is 2.28. The molecule has 1 saturated heterocycles. The number of imidazole rings is 1. The molecule has 0 radical (unpaired) electrons. The highest BCUT2D eigenvalue weighted by Crippen LogP contribution is 2.22. The number of amides is 2. The first-order valence-electron chi connectivity index (χ1n) is 10.6. The molecule has 3 aromatic rings. The minimum atomic E-state index is -0.532. The van der Waals surface area contributed by atoms with Gasteiger partial charge in [-0.25, -0.2) is 14.8 Å². The topological polar surface area (TPSA) is 92.1 Å². The number of fused-ring (bicyclic) bond motifs is 1. The molecular formula is C23H28N6O3. The molecule has 0 aliphatic carbocycles. The Hall–Kier alpha value is -3.62. The zero-order valence-electron chi connectivity index (χ0n) is 18.8. The molecule has 1 aromatic carbocycles. The van der Waals surface area contributed by atoms with Crippen LogP contribution in [-0.4, -0.2) is 67.9 Å². The second kappa shape index (κ2) is 8.49. The van der Waals surface area contributed by atoms with Gasteiger partial charge in [0.05, 0.1) is 0 Å². The van der Waals surface area contributed by atoms with E-state index in [1.54, 1.807) is 22.2 Å². The summed E-state index contributed by atoms with van der Waals surface area (Å²) in [6, 6.07) is 5.62. The number of benzene rings is 1. The predicted octanol–water partition coefficient (Wildman–Crippen LogP) is 3.47. The zero-order chi connectivity index (χ0) is 22.9. The molecule has 2 aromatic heterocycles. The minimum absolute atomic E-state index is 0.0358. The second-order valence-electron chi connectivity index (χ2n) is 8.85. The molecule has 0 spiro atoms. The fraction of sp³-hybridized carbons (Fsp3) is 0.391. The number of aryl methyl sites for hydroxylation is 1. The lowest BCUT2D eigenvalue weighted by atomic mass is 10.1. The molecule has 4 rings (SSSR count). The third-order valence-electron chi connectivity index (χ3n) is 5.25. The van der Waals surface area contributed by atoms with Crippen molar-refractivity contribution < 1.29 is 14.3 Å². The molecule has 2 amide bonds. The number of ether oxygens (including phenoxy) is 1. The maximum Gasteiger partial charge on any atom is 0.410 e. The quantitative estimate of drug-likeness (QED) is 0.676. The van der Waals surface area contributed by atoms with Gasteiger partial charge >= 0.3 is 6.09 Å². The second-order valence-corrected chi connectivity index (χ2v) is 8.85. The van der Waals surface area contributed by atoms with Crippen molar-refractivity contribution in [1.29, 1.82) is 0 Å². The molecule has 9 heteroatoms. The van der Waals surface area contributed by atoms with Crippen molar-refractivity contribution in [2.75, 3.05) is 31.5 Å². The van der Waals surface area contributed by atoms with E-state index in [0.717, 1.165) is 16.9 Å². The van der Waals surface area contributed by atoms with Gasteiger partial charge in [-0.15, -0.1) is 0 Å². The van der Waals surface area contributed by atoms with Crippen LogP contribution in [0.4, 0.5) is 16.3 Å². The highest BCUT2D eigenvalue weighted by molar-refractivity contribution is 5.96. The summed E-state index contributed by atoms with van der Waals surface area (Å²) in [5.41, 5.74) is 2.54. The van der Waals surface area contributed by atoms with Gasteiger partial charge in [-0.1, -0.05) is 0 Å². The van der Waals surface area contributed by atoms with Gasteiger partial charge in [-0.2, -0.15) is 0 Å². The Bertz CT molecular complexity index is 1140. The third kappa shape index (κ3) is 4.66. The van der Waals surface area contributed by atoms with Crippen LogP contribution in [-0.2, 0) is 4.74 Å². The largest absolute Gasteiger partial charge is 0.444 e. The lowest BCUT2D eigenvalue weighted by Gasteiger charge is -2.35. The number of rotatable bonds is 3. The van der Waals surface area contributed by atoms with Crippen LogP contribution in [0.5, 0.6) is 0 Å². The van der Waals surface area contributed by atoms with Crippen LogP contribution in [0.2, 0.25) is 0 Å². The number of hydrogen-bond donors (Lipinski definition) is 1. The number of carbonyl (C=O) groups excluding carboxylic acids is 2. The average molecular weight is 437 g/mol. The fourth-order valence-electron chi connectivity index (χ4n) is 3.65. The molecule has 0 saturated carbocycles. The van der Waals surface area contributed by atoms with E-state index in [2.05, 4.69) is 15.3 Å². The zero-order valence-corrected chi connectivity index (χ0v) is 18.8. The predicted molar refractivity (Wildman–Crippen MR) is 121 cm³/mol. The van der Waals surface area contributed by atoms with Crippen molar-refractivity contribution in [3.63, 3.8) is 0 Å². The first-order chi connectivity index (χ1) is 15.2. The normalized spacial score (nSPS) is 14.5. The summed E-state index contributed by atoms with van der Waals surface area (Å²) >= 11 is 0. The van der Waals surface area contributed by atoms with Crippen molar-refractivity contribution in [1.82, 2.24) is 24.2 Å². The summed E-state index contributed by atoms with van der Waals surface area (Å²) in [5, 5.41) is 3.28. The van der Waals surface area contributed by atoms with Gasteiger partial charge in [0.25, 0.3) is 5.91 Å². The molecule has 1 aliphatic heterocycles. The Kier molecular flexibility index (Phi) is 5.73. The molecule has 1 N–H and O–H groups in total. The van der Waals surface area contributed by atoms with Crippen LogP contribution < -0.4 is 5.32 Å². The molecule has 168 valence electrons. The molecule has 0 bridgehead atoms. The van der Waals surface area contributed by atoms with Crippen molar-refractivity contribution in [3.05, 3.63) is 54.1 Å². The van der Waals surface area contributed by atoms with Gasteiger partial charge in [-0.05, 0) is 51.5 Å². The average Bonchev–Trinajstić information content (AvgIpc) is 3.22. The van der Waals surface area contributed by atoms with Gasteiger partial charge in [0.1, 0.15) is 5.60 Å². The fourth-order valence-corrected chi connectivity index (χ4v) is 3.65. The van der Waals surface area contributed by atoms with Crippen LogP contribution >= 0.6 is 0 Å². The van der Waals surface area contributed by atoms with Crippen molar-refractivity contribution >= 4 is 29.2 Å². The van der Waals surface area contributed by atoms with E-state index in [0.29, 0.717) is 37.6 Å². The lowest BCUT2D eigenvalue weighted by molar-refractivity contribution is 0.0140. The first-order valence-corrected chi connectivity index (χ1v) is 10.6. The molecule has 0 unspecified atom stereocenters. The van der Waals surface area contributed by atoms with Crippen LogP contribution in [0.25, 0.3) is 5.65 Å². The number of hydrogen-bond acceptors (Lipinski definition) is 6. The van der Waals surface area contributed by atoms with Crippen LogP contribution in [0.3, 0.4) is 0 Å². The Morgan fingerprint density at radius 1 is 1.00 bits per heavy atom. The van der Waals surface area contributed by atoms with E-state index in [1.807, 2.05) is 62.7 Å². The van der Waals surface area contributed by atoms with Crippen molar-refractivity contribution in [2.45, 2.75) is 33.3 Å². The van der Waals surface area contributed by atoms with Crippen molar-refractivity contribution in [2.24, 2.45) is 0 Å². The van der Waals surface area contributed by atoms with Gasteiger partial charge < -0.3 is 24.3 Å². The SMILES string of the molecule is Cc1cc(Nc2nccn3ccnc23)ccc1C(=O)N1CCN(C(=O)OC(C)(C)C)CC1. The molecule has 1 aliphatic rings. The third-order valence-corrected chi connectivity index (χ3v) is 5.25. The van der Waals surface area contributed by atoms with Gasteiger partial charge in [-0.3, -0.25) is 4.79 Å². The number of nitrogens with one attached hydrogen (secondary N) is 1. The van der Waals surface area contributed by atoms with E-state index in [4.69, 9.17) is 4.74 Å².